The molecule has 3 aliphatic rings. The van der Waals surface area contributed by atoms with E-state index in [1.807, 2.05) is 0 Å². The van der Waals surface area contributed by atoms with E-state index in [0.29, 0.717) is 12.2 Å². The van der Waals surface area contributed by atoms with Gasteiger partial charge < -0.3 is 10.1 Å². The van der Waals surface area contributed by atoms with Gasteiger partial charge in [-0.3, -0.25) is 0 Å². The monoisotopic (exact) mass is 137 g/mol. The Morgan fingerprint density at radius 1 is 1.10 bits per heavy atom. The average molecular weight is 137 g/mol. The van der Waals surface area contributed by atoms with Crippen molar-refractivity contribution in [3.05, 3.63) is 12.2 Å². The van der Waals surface area contributed by atoms with Crippen LogP contribution in [0.3, 0.4) is 0 Å². The molecule has 0 aromatic rings. The van der Waals surface area contributed by atoms with Gasteiger partial charge in [-0.2, -0.15) is 0 Å². The third-order valence-corrected chi connectivity index (χ3v) is 2.96. The van der Waals surface area contributed by atoms with Crippen molar-refractivity contribution in [1.29, 1.82) is 0 Å². The van der Waals surface area contributed by atoms with Crippen molar-refractivity contribution in [2.45, 2.75) is 12.2 Å². The Morgan fingerprint density at radius 2 is 1.70 bits per heavy atom. The quantitative estimate of drug-likeness (QED) is 0.480. The molecule has 2 nitrogen and oxygen atoms in total. The summed E-state index contributed by atoms with van der Waals surface area (Å²) in [5.41, 5.74) is 0. The first kappa shape index (κ1) is 5.33. The van der Waals surface area contributed by atoms with Crippen LogP contribution < -0.4 is 5.32 Å². The number of hydrogen-bond acceptors (Lipinski definition) is 2. The Bertz CT molecular complexity index is 172. The molecule has 54 valence electrons. The molecule has 3 heterocycles. The van der Waals surface area contributed by atoms with Crippen molar-refractivity contribution in [2.24, 2.45) is 11.8 Å². The van der Waals surface area contributed by atoms with Crippen molar-refractivity contribution in [1.82, 2.24) is 5.32 Å². The van der Waals surface area contributed by atoms with Crippen LogP contribution in [0.15, 0.2) is 12.2 Å². The zero-order valence-corrected chi connectivity index (χ0v) is 5.79. The van der Waals surface area contributed by atoms with E-state index in [1.54, 1.807) is 0 Å². The smallest absolute Gasteiger partial charge is 0.0809 e. The normalized spacial score (nSPS) is 56.0. The summed E-state index contributed by atoms with van der Waals surface area (Å²) in [7, 11) is 0. The van der Waals surface area contributed by atoms with E-state index in [-0.39, 0.29) is 0 Å². The Kier molecular flexibility index (Phi) is 0.868. The Balaban J connectivity index is 1.99. The van der Waals surface area contributed by atoms with Gasteiger partial charge in [0.1, 0.15) is 0 Å². The van der Waals surface area contributed by atoms with Crippen LogP contribution >= 0.6 is 0 Å². The van der Waals surface area contributed by atoms with Crippen LogP contribution in [0.2, 0.25) is 0 Å². The first-order chi connectivity index (χ1) is 4.95. The number of hydrogen-bond donors (Lipinski definition) is 1. The van der Waals surface area contributed by atoms with Crippen molar-refractivity contribution < 1.29 is 4.74 Å². The van der Waals surface area contributed by atoms with Gasteiger partial charge in [-0.05, 0) is 0 Å². The molecule has 0 aliphatic carbocycles. The Hall–Kier alpha value is -0.340. The number of ether oxygens (including phenoxy) is 1. The minimum Gasteiger partial charge on any atom is -0.366 e. The molecule has 0 unspecified atom stereocenters. The second-order valence-corrected chi connectivity index (χ2v) is 3.44. The molecule has 2 bridgehead atoms. The summed E-state index contributed by atoms with van der Waals surface area (Å²) >= 11 is 0. The topological polar surface area (TPSA) is 21.3 Å². The van der Waals surface area contributed by atoms with E-state index in [1.165, 1.54) is 0 Å². The van der Waals surface area contributed by atoms with Gasteiger partial charge in [-0.25, -0.2) is 0 Å². The largest absolute Gasteiger partial charge is 0.366 e. The van der Waals surface area contributed by atoms with Gasteiger partial charge >= 0.3 is 0 Å². The van der Waals surface area contributed by atoms with Gasteiger partial charge in [-0.1, -0.05) is 12.2 Å². The summed E-state index contributed by atoms with van der Waals surface area (Å²) in [4.78, 5) is 0. The third-order valence-electron chi connectivity index (χ3n) is 2.96. The Morgan fingerprint density at radius 3 is 2.30 bits per heavy atom. The lowest BCUT2D eigenvalue weighted by Crippen LogP contribution is -2.21. The van der Waals surface area contributed by atoms with E-state index in [4.69, 9.17) is 4.74 Å². The summed E-state index contributed by atoms with van der Waals surface area (Å²) in [5.74, 6) is 1.57. The molecular formula is C8H11NO. The molecule has 3 aliphatic heterocycles. The van der Waals surface area contributed by atoms with E-state index in [0.717, 1.165) is 24.9 Å². The first-order valence-electron chi connectivity index (χ1n) is 4.00. The van der Waals surface area contributed by atoms with Gasteiger partial charge in [0.25, 0.3) is 0 Å². The predicted octanol–water partition coefficient (Wildman–Crippen LogP) is 0.159. The highest BCUT2D eigenvalue weighted by Gasteiger charge is 2.47. The zero-order chi connectivity index (χ0) is 6.55. The molecule has 1 N–H and O–H groups in total. The van der Waals surface area contributed by atoms with Crippen molar-refractivity contribution in [3.63, 3.8) is 0 Å². The van der Waals surface area contributed by atoms with Crippen molar-refractivity contribution in [2.75, 3.05) is 13.1 Å². The summed E-state index contributed by atoms with van der Waals surface area (Å²) in [6, 6.07) is 0. The fraction of sp³-hybridized carbons (Fsp3) is 0.750. The van der Waals surface area contributed by atoms with Crippen LogP contribution in [0, 0.1) is 11.8 Å². The van der Waals surface area contributed by atoms with Gasteiger partial charge in [-0.15, -0.1) is 0 Å². The standard InChI is InChI=1S/C8H11NO/c1-2-8-6-4-9-3-5(6)7(1)10-8/h1-2,5-9H,3-4H2/t5-,6-,7+,8+/m0/s1. The maximum Gasteiger partial charge on any atom is 0.0809 e. The maximum absolute atomic E-state index is 5.69. The SMILES string of the molecule is C1=C[C@H]2O[C@H]1[C@H]1CNC[C@@H]12. The second-order valence-electron chi connectivity index (χ2n) is 3.44. The minimum atomic E-state index is 0.449. The van der Waals surface area contributed by atoms with Crippen LogP contribution in [0.5, 0.6) is 0 Å². The molecule has 2 fully saturated rings. The third kappa shape index (κ3) is 0.478. The fourth-order valence-corrected chi connectivity index (χ4v) is 2.42. The average Bonchev–Trinajstić information content (AvgIpc) is 2.60. The fourth-order valence-electron chi connectivity index (χ4n) is 2.42. The molecule has 10 heavy (non-hydrogen) atoms. The molecular weight excluding hydrogens is 126 g/mol. The van der Waals surface area contributed by atoms with Crippen LogP contribution in [0.25, 0.3) is 0 Å². The van der Waals surface area contributed by atoms with Crippen molar-refractivity contribution >= 4 is 0 Å². The van der Waals surface area contributed by atoms with Gasteiger partial charge in [0.15, 0.2) is 0 Å². The summed E-state index contributed by atoms with van der Waals surface area (Å²) in [6.07, 6.45) is 5.34. The molecule has 2 saturated heterocycles. The molecule has 0 radical (unpaired) electrons. The molecule has 0 spiro atoms. The van der Waals surface area contributed by atoms with Crippen molar-refractivity contribution in [3.8, 4) is 0 Å². The maximum atomic E-state index is 5.69. The number of rotatable bonds is 0. The molecule has 2 heteroatoms. The summed E-state index contributed by atoms with van der Waals surface area (Å²) < 4.78 is 5.69. The minimum absolute atomic E-state index is 0.449. The van der Waals surface area contributed by atoms with E-state index < -0.39 is 0 Å². The van der Waals surface area contributed by atoms with E-state index >= 15 is 0 Å². The van der Waals surface area contributed by atoms with Gasteiger partial charge in [0.2, 0.25) is 0 Å². The second kappa shape index (κ2) is 1.63. The predicted molar refractivity (Wildman–Crippen MR) is 37.7 cm³/mol. The summed E-state index contributed by atoms with van der Waals surface area (Å²) in [6.45, 7) is 2.33. The molecule has 4 atom stereocenters. The summed E-state index contributed by atoms with van der Waals surface area (Å²) in [5, 5.41) is 3.41. The van der Waals surface area contributed by atoms with Crippen LogP contribution in [-0.2, 0) is 4.74 Å². The van der Waals surface area contributed by atoms with Gasteiger partial charge in [0, 0.05) is 24.9 Å². The lowest BCUT2D eigenvalue weighted by Gasteiger charge is -2.13. The van der Waals surface area contributed by atoms with Gasteiger partial charge in [0.05, 0.1) is 12.2 Å². The first-order valence-corrected chi connectivity index (χ1v) is 4.00. The number of fused-ring (bicyclic) bond motifs is 5. The van der Waals surface area contributed by atoms with E-state index in [9.17, 15) is 0 Å². The highest BCUT2D eigenvalue weighted by Crippen LogP contribution is 2.40. The highest BCUT2D eigenvalue weighted by molar-refractivity contribution is 5.16. The molecule has 0 aromatic carbocycles. The van der Waals surface area contributed by atoms with Crippen LogP contribution in [0.4, 0.5) is 0 Å². The van der Waals surface area contributed by atoms with Crippen LogP contribution in [0.1, 0.15) is 0 Å². The zero-order valence-electron chi connectivity index (χ0n) is 5.79. The molecule has 0 saturated carbocycles. The highest BCUT2D eigenvalue weighted by atomic mass is 16.5. The number of nitrogens with one attached hydrogen (secondary N) is 1. The lowest BCUT2D eigenvalue weighted by molar-refractivity contribution is 0.0986. The molecule has 0 aromatic heterocycles. The lowest BCUT2D eigenvalue weighted by atomic mass is 9.86. The van der Waals surface area contributed by atoms with E-state index in [2.05, 4.69) is 17.5 Å². The van der Waals surface area contributed by atoms with Crippen LogP contribution in [-0.4, -0.2) is 25.3 Å². The molecule has 0 amide bonds. The molecule has 3 rings (SSSR count). The Labute approximate surface area is 60.3 Å².